The van der Waals surface area contributed by atoms with Gasteiger partial charge in [0.2, 0.25) is 0 Å². The summed E-state index contributed by atoms with van der Waals surface area (Å²) in [6, 6.07) is 6.47. The second-order valence-corrected chi connectivity index (χ2v) is 7.95. The van der Waals surface area contributed by atoms with Gasteiger partial charge in [-0.05, 0) is 39.0 Å². The third-order valence-corrected chi connectivity index (χ3v) is 5.75. The molecule has 30 heavy (non-hydrogen) atoms. The lowest BCUT2D eigenvalue weighted by Gasteiger charge is -2.34. The molecule has 0 saturated carbocycles. The number of anilines is 1. The summed E-state index contributed by atoms with van der Waals surface area (Å²) < 4.78 is 11.4. The minimum absolute atomic E-state index is 0.245. The second-order valence-electron chi connectivity index (χ2n) is 7.95. The highest BCUT2D eigenvalue weighted by molar-refractivity contribution is 5.84. The van der Waals surface area contributed by atoms with Gasteiger partial charge in [0.05, 0.1) is 41.9 Å². The fourth-order valence-electron chi connectivity index (χ4n) is 4.28. The molecule has 9 heteroatoms. The van der Waals surface area contributed by atoms with Crippen LogP contribution < -0.4 is 4.90 Å². The Hall–Kier alpha value is -3.20. The highest BCUT2D eigenvalue weighted by Crippen LogP contribution is 2.33. The van der Waals surface area contributed by atoms with Crippen molar-refractivity contribution < 1.29 is 4.74 Å². The van der Waals surface area contributed by atoms with Gasteiger partial charge in [-0.15, -0.1) is 5.10 Å². The molecule has 0 bridgehead atoms. The van der Waals surface area contributed by atoms with E-state index in [1.54, 1.807) is 0 Å². The van der Waals surface area contributed by atoms with E-state index >= 15 is 0 Å². The smallest absolute Gasteiger partial charge is 0.180 e. The van der Waals surface area contributed by atoms with Crippen LogP contribution in [0.1, 0.15) is 18.3 Å². The molecule has 1 saturated heterocycles. The molecule has 0 aromatic carbocycles. The molecular formula is C21H26N8O. The molecule has 1 fully saturated rings. The van der Waals surface area contributed by atoms with Gasteiger partial charge >= 0.3 is 0 Å². The van der Waals surface area contributed by atoms with E-state index in [9.17, 15) is 0 Å². The maximum absolute atomic E-state index is 5.64. The summed E-state index contributed by atoms with van der Waals surface area (Å²) in [7, 11) is 3.90. The van der Waals surface area contributed by atoms with E-state index in [1.807, 2.05) is 60.2 Å². The predicted molar refractivity (Wildman–Crippen MR) is 114 cm³/mol. The number of fused-ring (bicyclic) bond motifs is 1. The monoisotopic (exact) mass is 406 g/mol. The maximum atomic E-state index is 5.64. The van der Waals surface area contributed by atoms with Crippen molar-refractivity contribution in [2.45, 2.75) is 26.8 Å². The SMILES string of the molecule is Cc1cc(-c2nc(C)c3c(-c4ccnn4C)cc(N4CCOCC4C)nn23)n(C)n1. The van der Waals surface area contributed by atoms with Crippen molar-refractivity contribution >= 4 is 11.3 Å². The molecule has 4 aromatic heterocycles. The number of aromatic nitrogens is 7. The van der Waals surface area contributed by atoms with Gasteiger partial charge in [0.1, 0.15) is 5.69 Å². The summed E-state index contributed by atoms with van der Waals surface area (Å²) in [6.07, 6.45) is 1.82. The highest BCUT2D eigenvalue weighted by Gasteiger charge is 2.25. The van der Waals surface area contributed by atoms with E-state index in [0.29, 0.717) is 13.2 Å². The zero-order chi connectivity index (χ0) is 21.0. The van der Waals surface area contributed by atoms with Gasteiger partial charge in [0.25, 0.3) is 0 Å². The lowest BCUT2D eigenvalue weighted by Crippen LogP contribution is -2.44. The Morgan fingerprint density at radius 3 is 2.57 bits per heavy atom. The Balaban J connectivity index is 1.81. The number of rotatable bonds is 3. The number of hydrogen-bond acceptors (Lipinski definition) is 6. The lowest BCUT2D eigenvalue weighted by molar-refractivity contribution is 0.0984. The van der Waals surface area contributed by atoms with E-state index in [4.69, 9.17) is 14.8 Å². The Morgan fingerprint density at radius 2 is 1.90 bits per heavy atom. The van der Waals surface area contributed by atoms with Crippen molar-refractivity contribution in [3.8, 4) is 22.8 Å². The number of morpholine rings is 1. The van der Waals surface area contributed by atoms with Crippen LogP contribution in [0.4, 0.5) is 5.82 Å². The van der Waals surface area contributed by atoms with Crippen molar-refractivity contribution in [2.75, 3.05) is 24.7 Å². The molecule has 1 aliphatic rings. The second kappa shape index (κ2) is 6.94. The summed E-state index contributed by atoms with van der Waals surface area (Å²) in [5.41, 5.74) is 5.89. The van der Waals surface area contributed by atoms with Gasteiger partial charge in [0.15, 0.2) is 11.6 Å². The van der Waals surface area contributed by atoms with Crippen LogP contribution in [0, 0.1) is 13.8 Å². The van der Waals surface area contributed by atoms with Crippen LogP contribution in [0.3, 0.4) is 0 Å². The molecule has 0 spiro atoms. The molecule has 5 rings (SSSR count). The normalized spacial score (nSPS) is 17.2. The van der Waals surface area contributed by atoms with Crippen LogP contribution in [0.2, 0.25) is 0 Å². The molecule has 1 unspecified atom stereocenters. The van der Waals surface area contributed by atoms with Gasteiger partial charge in [0, 0.05) is 32.4 Å². The van der Waals surface area contributed by atoms with E-state index in [2.05, 4.69) is 28.1 Å². The van der Waals surface area contributed by atoms with Gasteiger partial charge in [-0.25, -0.2) is 9.50 Å². The molecule has 5 heterocycles. The van der Waals surface area contributed by atoms with Crippen molar-refractivity contribution in [3.63, 3.8) is 0 Å². The molecular weight excluding hydrogens is 380 g/mol. The molecule has 9 nitrogen and oxygen atoms in total. The third-order valence-electron chi connectivity index (χ3n) is 5.75. The predicted octanol–water partition coefficient (Wildman–Crippen LogP) is 2.37. The van der Waals surface area contributed by atoms with Crippen LogP contribution in [-0.2, 0) is 18.8 Å². The first-order chi connectivity index (χ1) is 14.4. The number of nitrogens with zero attached hydrogens (tertiary/aromatic N) is 8. The van der Waals surface area contributed by atoms with Gasteiger partial charge in [-0.2, -0.15) is 10.2 Å². The summed E-state index contributed by atoms with van der Waals surface area (Å²) in [6.45, 7) is 8.37. The molecule has 156 valence electrons. The molecule has 0 radical (unpaired) electrons. The van der Waals surface area contributed by atoms with E-state index in [1.165, 1.54) is 0 Å². The molecule has 0 amide bonds. The first kappa shape index (κ1) is 18.8. The molecule has 0 aliphatic carbocycles. The molecule has 0 N–H and O–H groups in total. The van der Waals surface area contributed by atoms with E-state index < -0.39 is 0 Å². The van der Waals surface area contributed by atoms with Gasteiger partial charge in [-0.3, -0.25) is 9.36 Å². The topological polar surface area (TPSA) is 78.3 Å². The average molecular weight is 406 g/mol. The summed E-state index contributed by atoms with van der Waals surface area (Å²) in [4.78, 5) is 7.21. The lowest BCUT2D eigenvalue weighted by atomic mass is 10.1. The number of aryl methyl sites for hydroxylation is 4. The van der Waals surface area contributed by atoms with Crippen molar-refractivity contribution in [1.29, 1.82) is 0 Å². The summed E-state index contributed by atoms with van der Waals surface area (Å²) in [5, 5.41) is 13.9. The summed E-state index contributed by atoms with van der Waals surface area (Å²) >= 11 is 0. The van der Waals surface area contributed by atoms with Crippen LogP contribution in [0.15, 0.2) is 24.4 Å². The third kappa shape index (κ3) is 2.88. The Morgan fingerprint density at radius 1 is 1.07 bits per heavy atom. The van der Waals surface area contributed by atoms with Crippen molar-refractivity contribution in [3.05, 3.63) is 35.8 Å². The minimum Gasteiger partial charge on any atom is -0.377 e. The molecule has 1 aliphatic heterocycles. The number of hydrogen-bond donors (Lipinski definition) is 0. The van der Waals surface area contributed by atoms with Crippen LogP contribution in [-0.4, -0.2) is 60.0 Å². The van der Waals surface area contributed by atoms with Crippen molar-refractivity contribution in [2.24, 2.45) is 14.1 Å². The fourth-order valence-corrected chi connectivity index (χ4v) is 4.28. The first-order valence-electron chi connectivity index (χ1n) is 10.2. The Bertz CT molecular complexity index is 1230. The van der Waals surface area contributed by atoms with Crippen molar-refractivity contribution in [1.82, 2.24) is 34.2 Å². The number of imidazole rings is 1. The van der Waals surface area contributed by atoms with Crippen LogP contribution in [0.25, 0.3) is 28.3 Å². The van der Waals surface area contributed by atoms with Crippen LogP contribution in [0.5, 0.6) is 0 Å². The van der Waals surface area contributed by atoms with E-state index in [-0.39, 0.29) is 6.04 Å². The zero-order valence-corrected chi connectivity index (χ0v) is 18.0. The Kier molecular flexibility index (Phi) is 4.35. The maximum Gasteiger partial charge on any atom is 0.180 e. The molecule has 4 aromatic rings. The fraction of sp³-hybridized carbons (Fsp3) is 0.429. The average Bonchev–Trinajstić information content (AvgIpc) is 3.38. The van der Waals surface area contributed by atoms with Gasteiger partial charge in [-0.1, -0.05) is 0 Å². The minimum atomic E-state index is 0.245. The van der Waals surface area contributed by atoms with Gasteiger partial charge < -0.3 is 9.64 Å². The largest absolute Gasteiger partial charge is 0.377 e. The standard InChI is InChI=1S/C21H26N8O/c1-13-10-18(27(5)24-13)21-23-15(3)20-16(17-6-7-22-26(17)4)11-19(25-29(20)21)28-8-9-30-12-14(28)2/h6-7,10-11,14H,8-9,12H2,1-5H3. The number of ether oxygens (including phenoxy) is 1. The Labute approximate surface area is 174 Å². The van der Waals surface area contributed by atoms with E-state index in [0.717, 1.165) is 52.0 Å². The quantitative estimate of drug-likeness (QED) is 0.520. The molecule has 1 atom stereocenters. The zero-order valence-electron chi connectivity index (χ0n) is 18.0. The summed E-state index contributed by atoms with van der Waals surface area (Å²) in [5.74, 6) is 1.70. The van der Waals surface area contributed by atoms with Crippen LogP contribution >= 0.6 is 0 Å². The highest BCUT2D eigenvalue weighted by atomic mass is 16.5. The first-order valence-corrected chi connectivity index (χ1v) is 10.2.